The van der Waals surface area contributed by atoms with Gasteiger partial charge in [0.2, 0.25) is 13.4 Å². The molecule has 10 aromatic rings. The van der Waals surface area contributed by atoms with Gasteiger partial charge < -0.3 is 0 Å². The van der Waals surface area contributed by atoms with Crippen LogP contribution >= 0.6 is 22.7 Å². The fraction of sp³-hybridized carbons (Fsp3) is 0.0769. The first kappa shape index (κ1) is 33.6. The minimum absolute atomic E-state index is 0.151. The van der Waals surface area contributed by atoms with Gasteiger partial charge in [0.25, 0.3) is 0 Å². The zero-order chi connectivity index (χ0) is 37.7. The van der Waals surface area contributed by atoms with Crippen LogP contribution in [0.5, 0.6) is 0 Å². The molecule has 1 aliphatic heterocycles. The highest BCUT2D eigenvalue weighted by Crippen LogP contribution is 2.41. The third-order valence-electron chi connectivity index (χ3n) is 12.4. The monoisotopic (exact) mass is 748 g/mol. The summed E-state index contributed by atoms with van der Waals surface area (Å²) >= 11 is 3.82. The highest BCUT2D eigenvalue weighted by atomic mass is 32.1. The summed E-state index contributed by atoms with van der Waals surface area (Å²) in [4.78, 5) is 0. The average Bonchev–Trinajstić information content (AvgIpc) is 3.79. The van der Waals surface area contributed by atoms with Crippen LogP contribution < -0.4 is 32.8 Å². The average molecular weight is 749 g/mol. The van der Waals surface area contributed by atoms with E-state index in [1.54, 1.807) is 0 Å². The Morgan fingerprint density at radius 1 is 0.339 bits per heavy atom. The Kier molecular flexibility index (Phi) is 7.78. The van der Waals surface area contributed by atoms with Crippen LogP contribution in [0.15, 0.2) is 158 Å². The maximum atomic E-state index is 2.45. The first-order valence-electron chi connectivity index (χ1n) is 19.7. The van der Waals surface area contributed by atoms with E-state index in [-0.39, 0.29) is 13.4 Å². The van der Waals surface area contributed by atoms with Crippen molar-refractivity contribution in [3.63, 3.8) is 0 Å². The molecule has 8 aromatic carbocycles. The van der Waals surface area contributed by atoms with Crippen molar-refractivity contribution in [2.24, 2.45) is 0 Å². The lowest BCUT2D eigenvalue weighted by Gasteiger charge is -2.34. The molecule has 264 valence electrons. The van der Waals surface area contributed by atoms with Crippen LogP contribution in [0.3, 0.4) is 0 Å². The van der Waals surface area contributed by atoms with Crippen LogP contribution in [0.2, 0.25) is 0 Å². The van der Waals surface area contributed by atoms with Crippen molar-refractivity contribution in [2.45, 2.75) is 27.7 Å². The fourth-order valence-electron chi connectivity index (χ4n) is 10.2. The minimum atomic E-state index is 0.151. The molecule has 0 bridgehead atoms. The van der Waals surface area contributed by atoms with Gasteiger partial charge in [-0.25, -0.2) is 0 Å². The van der Waals surface area contributed by atoms with Gasteiger partial charge in [-0.05, 0) is 62.1 Å². The normalized spacial score (nSPS) is 12.6. The summed E-state index contributed by atoms with van der Waals surface area (Å²) in [5.41, 5.74) is 19.1. The molecule has 0 saturated heterocycles. The number of thiophene rings is 2. The molecule has 0 aliphatic carbocycles. The number of hydrogen-bond donors (Lipinski definition) is 0. The number of benzene rings is 8. The van der Waals surface area contributed by atoms with Crippen molar-refractivity contribution in [1.82, 2.24) is 0 Å². The third kappa shape index (κ3) is 5.06. The lowest BCUT2D eigenvalue weighted by atomic mass is 9.20. The molecule has 3 heterocycles. The quantitative estimate of drug-likeness (QED) is 0.157. The topological polar surface area (TPSA) is 0 Å². The Morgan fingerprint density at radius 2 is 0.661 bits per heavy atom. The molecule has 0 unspecified atom stereocenters. The number of fused-ring (bicyclic) bond motifs is 8. The highest BCUT2D eigenvalue weighted by Gasteiger charge is 2.40. The van der Waals surface area contributed by atoms with E-state index in [1.165, 1.54) is 118 Å². The molecule has 0 radical (unpaired) electrons. The Labute approximate surface area is 337 Å². The molecule has 0 nitrogen and oxygen atoms in total. The minimum Gasteiger partial charge on any atom is -0.135 e. The van der Waals surface area contributed by atoms with Crippen molar-refractivity contribution < 1.29 is 0 Å². The van der Waals surface area contributed by atoms with Crippen LogP contribution in [-0.2, 0) is 0 Å². The summed E-state index contributed by atoms with van der Waals surface area (Å²) in [5.74, 6) is 0. The Morgan fingerprint density at radius 3 is 1.04 bits per heavy atom. The number of hydrogen-bond acceptors (Lipinski definition) is 2. The van der Waals surface area contributed by atoms with E-state index in [9.17, 15) is 0 Å². The summed E-state index contributed by atoms with van der Waals surface area (Å²) in [6.07, 6.45) is 0. The molecular weight excluding hydrogens is 710 g/mol. The van der Waals surface area contributed by atoms with Crippen molar-refractivity contribution in [1.29, 1.82) is 0 Å². The highest BCUT2D eigenvalue weighted by molar-refractivity contribution is 7.26. The molecule has 4 heteroatoms. The van der Waals surface area contributed by atoms with E-state index < -0.39 is 0 Å². The predicted molar refractivity (Wildman–Crippen MR) is 251 cm³/mol. The van der Waals surface area contributed by atoms with Gasteiger partial charge in [0.05, 0.1) is 0 Å². The molecule has 56 heavy (non-hydrogen) atoms. The van der Waals surface area contributed by atoms with Crippen LogP contribution in [0.1, 0.15) is 22.3 Å². The van der Waals surface area contributed by atoms with Gasteiger partial charge in [0.15, 0.2) is 0 Å². The van der Waals surface area contributed by atoms with Crippen molar-refractivity contribution in [3.05, 3.63) is 180 Å². The Balaban J connectivity index is 1.05. The molecule has 0 spiro atoms. The van der Waals surface area contributed by atoms with E-state index in [1.807, 2.05) is 22.7 Å². The zero-order valence-corrected chi connectivity index (χ0v) is 33.6. The van der Waals surface area contributed by atoms with E-state index in [0.29, 0.717) is 0 Å². The third-order valence-corrected chi connectivity index (χ3v) is 14.9. The van der Waals surface area contributed by atoms with Crippen LogP contribution in [0.4, 0.5) is 0 Å². The predicted octanol–water partition coefficient (Wildman–Crippen LogP) is 10.3. The molecule has 2 aromatic heterocycles. The maximum Gasteiger partial charge on any atom is 0.240 e. The molecule has 1 aliphatic rings. The van der Waals surface area contributed by atoms with E-state index >= 15 is 0 Å². The van der Waals surface area contributed by atoms with Gasteiger partial charge in [-0.1, -0.05) is 201 Å². The number of aryl methyl sites for hydroxylation is 4. The van der Waals surface area contributed by atoms with Crippen LogP contribution in [0, 0.1) is 27.7 Å². The van der Waals surface area contributed by atoms with Gasteiger partial charge in [0, 0.05) is 40.3 Å². The van der Waals surface area contributed by atoms with Gasteiger partial charge in [0.1, 0.15) is 0 Å². The van der Waals surface area contributed by atoms with Gasteiger partial charge in [-0.15, -0.1) is 22.7 Å². The van der Waals surface area contributed by atoms with Crippen LogP contribution in [0.25, 0.3) is 62.6 Å². The van der Waals surface area contributed by atoms with Gasteiger partial charge in [-0.3, -0.25) is 0 Å². The van der Waals surface area contributed by atoms with Gasteiger partial charge in [-0.2, -0.15) is 0 Å². The second kappa shape index (κ2) is 12.9. The Bertz CT molecular complexity index is 2910. The molecule has 0 N–H and O–H groups in total. The maximum absolute atomic E-state index is 2.45. The molecule has 11 rings (SSSR count). The van der Waals surface area contributed by atoms with Crippen molar-refractivity contribution in [3.8, 4) is 22.3 Å². The summed E-state index contributed by atoms with van der Waals surface area (Å²) in [6.45, 7) is 9.63. The first-order valence-corrected chi connectivity index (χ1v) is 21.3. The molecule has 0 atom stereocenters. The van der Waals surface area contributed by atoms with Crippen molar-refractivity contribution >= 4 is 109 Å². The molecule has 0 amide bonds. The SMILES string of the molecule is Cc1cc(-c2cccc3c2sc2ccccc23)cc(C)c1B1c2ccccc2B(c2c(C)cc(-c3cccc4c3sc3ccccc34)cc2C)c2ccccc21. The lowest BCUT2D eigenvalue weighted by Crippen LogP contribution is -2.75. The summed E-state index contributed by atoms with van der Waals surface area (Å²) < 4.78 is 5.43. The van der Waals surface area contributed by atoms with Gasteiger partial charge >= 0.3 is 0 Å². The smallest absolute Gasteiger partial charge is 0.135 e. The molecular formula is C52H38B2S2. The lowest BCUT2D eigenvalue weighted by molar-refractivity contribution is 1.42. The summed E-state index contributed by atoms with van der Waals surface area (Å²) in [7, 11) is 0. The van der Waals surface area contributed by atoms with E-state index in [0.717, 1.165) is 0 Å². The summed E-state index contributed by atoms with van der Waals surface area (Å²) in [6, 6.07) is 59.6. The molecule has 0 fully saturated rings. The second-order valence-electron chi connectivity index (χ2n) is 15.7. The summed E-state index contributed by atoms with van der Waals surface area (Å²) in [5, 5.41) is 5.38. The fourth-order valence-corrected chi connectivity index (χ4v) is 12.6. The number of rotatable bonds is 4. The first-order chi connectivity index (χ1) is 27.4. The van der Waals surface area contributed by atoms with E-state index in [2.05, 4.69) is 185 Å². The standard InChI is InChI=1S/C52H38B2S2/c1-31-27-35(37-17-13-19-41-39-15-5-11-25-47(39)55-51(37)41)28-32(2)49(31)53-43-21-7-9-23-45(43)54(46-24-10-8-22-44(46)53)50-33(3)29-36(30-34(50)4)38-18-14-20-42-40-16-6-12-26-48(40)56-52(38)42/h5-30H,1-4H3. The largest absolute Gasteiger partial charge is 0.240 e. The second-order valence-corrected chi connectivity index (χ2v) is 17.8. The van der Waals surface area contributed by atoms with Crippen molar-refractivity contribution in [2.75, 3.05) is 0 Å². The van der Waals surface area contributed by atoms with Crippen LogP contribution in [-0.4, -0.2) is 13.4 Å². The zero-order valence-electron chi connectivity index (χ0n) is 32.0. The molecule has 0 saturated carbocycles. The van der Waals surface area contributed by atoms with E-state index in [4.69, 9.17) is 0 Å². The Hall–Kier alpha value is -5.67.